The van der Waals surface area contributed by atoms with Gasteiger partial charge in [0.2, 0.25) is 0 Å². The summed E-state index contributed by atoms with van der Waals surface area (Å²) in [7, 11) is 0. The molecule has 0 spiro atoms. The van der Waals surface area contributed by atoms with Gasteiger partial charge in [0.25, 0.3) is 0 Å². The molecule has 9 aromatic rings. The maximum absolute atomic E-state index is 5.70. The van der Waals surface area contributed by atoms with E-state index in [0.29, 0.717) is 6.42 Å². The number of aromatic nitrogens is 1. The van der Waals surface area contributed by atoms with Crippen molar-refractivity contribution in [3.63, 3.8) is 0 Å². The first-order valence-corrected chi connectivity index (χ1v) is 18.4. The van der Waals surface area contributed by atoms with E-state index in [9.17, 15) is 0 Å². The van der Waals surface area contributed by atoms with Crippen molar-refractivity contribution in [2.24, 2.45) is 4.99 Å². The van der Waals surface area contributed by atoms with Gasteiger partial charge in [0.15, 0.2) is 0 Å². The lowest BCUT2D eigenvalue weighted by atomic mass is 10.0. The van der Waals surface area contributed by atoms with Gasteiger partial charge in [0.05, 0.1) is 16.7 Å². The van der Waals surface area contributed by atoms with E-state index in [1.54, 1.807) is 0 Å². The van der Waals surface area contributed by atoms with Crippen molar-refractivity contribution in [3.05, 3.63) is 181 Å². The van der Waals surface area contributed by atoms with Gasteiger partial charge in [0.1, 0.15) is 0 Å². The number of nitrogens with zero attached hydrogens (tertiary/aromatic N) is 2. The molecule has 246 valence electrons. The van der Waals surface area contributed by atoms with Crippen molar-refractivity contribution < 1.29 is 0 Å². The number of hydrogen-bond donors (Lipinski definition) is 0. The Morgan fingerprint density at radius 2 is 1.31 bits per heavy atom. The first-order chi connectivity index (χ1) is 25.7. The van der Waals surface area contributed by atoms with Crippen LogP contribution in [0.3, 0.4) is 0 Å². The van der Waals surface area contributed by atoms with Crippen molar-refractivity contribution in [3.8, 4) is 40.3 Å². The number of terminal acetylenes is 1. The van der Waals surface area contributed by atoms with Crippen molar-refractivity contribution in [2.75, 3.05) is 0 Å². The van der Waals surface area contributed by atoms with Crippen LogP contribution in [0.1, 0.15) is 24.5 Å². The summed E-state index contributed by atoms with van der Waals surface area (Å²) < 4.78 is 5.03. The van der Waals surface area contributed by atoms with E-state index in [-0.39, 0.29) is 0 Å². The average molecular weight is 683 g/mol. The van der Waals surface area contributed by atoms with Gasteiger partial charge in [-0.3, -0.25) is 4.99 Å². The summed E-state index contributed by atoms with van der Waals surface area (Å²) in [4.78, 5) is 5.16. The van der Waals surface area contributed by atoms with E-state index in [1.807, 2.05) is 23.5 Å². The molecule has 2 aromatic heterocycles. The summed E-state index contributed by atoms with van der Waals surface area (Å²) in [5.74, 6) is 2.76. The third kappa shape index (κ3) is 5.60. The van der Waals surface area contributed by atoms with Gasteiger partial charge in [0, 0.05) is 48.8 Å². The number of aliphatic imine (C=N–C) groups is 1. The molecular weight excluding hydrogens is 649 g/mol. The van der Waals surface area contributed by atoms with Crippen LogP contribution in [0.5, 0.6) is 0 Å². The zero-order chi connectivity index (χ0) is 35.0. The predicted molar refractivity (Wildman–Crippen MR) is 225 cm³/mol. The van der Waals surface area contributed by atoms with Gasteiger partial charge in [-0.1, -0.05) is 127 Å². The molecule has 0 fully saturated rings. The number of hydrogen-bond acceptors (Lipinski definition) is 2. The van der Waals surface area contributed by atoms with Crippen molar-refractivity contribution >= 4 is 64.7 Å². The molecule has 0 N–H and O–H groups in total. The monoisotopic (exact) mass is 682 g/mol. The lowest BCUT2D eigenvalue weighted by molar-refractivity contribution is 1.18. The molecule has 2 heterocycles. The molecule has 0 atom stereocenters. The molecule has 0 unspecified atom stereocenters. The average Bonchev–Trinajstić information content (AvgIpc) is 3.75. The van der Waals surface area contributed by atoms with E-state index in [0.717, 1.165) is 28.2 Å². The highest BCUT2D eigenvalue weighted by Gasteiger charge is 2.16. The van der Waals surface area contributed by atoms with Crippen LogP contribution < -0.4 is 0 Å². The lowest BCUT2D eigenvalue weighted by Gasteiger charge is -2.12. The number of rotatable bonds is 7. The number of thiophene rings is 1. The van der Waals surface area contributed by atoms with E-state index >= 15 is 0 Å². The maximum atomic E-state index is 5.70. The van der Waals surface area contributed by atoms with Crippen LogP contribution in [0.2, 0.25) is 0 Å². The number of benzene rings is 7. The SMILES string of the molecule is C#CC/C=C(\N=C(/C)c1cccc(-n2c3ccccc3c3cc(-c4cccc5c4sc4ccccc45)ccc32)c1)c1ccc(-c2ccccc2)cc1. The van der Waals surface area contributed by atoms with E-state index < -0.39 is 0 Å². The van der Waals surface area contributed by atoms with Crippen molar-refractivity contribution in [1.29, 1.82) is 0 Å². The highest BCUT2D eigenvalue weighted by Crippen LogP contribution is 2.42. The standard InChI is InChI=1S/C49H34N2S/c1-3-4-22-45(36-27-25-35(26-28-36)34-14-6-5-7-15-34)50-33(2)37-16-12-17-39(31-37)51-46-23-10-8-18-41(46)44-32-38(29-30-47(44)51)40-20-13-21-43-42-19-9-11-24-48(42)52-49(40)43/h1,5-32H,4H2,2H3/b45-22-,50-33+. The first kappa shape index (κ1) is 31.5. The summed E-state index contributed by atoms with van der Waals surface area (Å²) in [6.45, 7) is 2.08. The normalized spacial score (nSPS) is 12.2. The highest BCUT2D eigenvalue weighted by molar-refractivity contribution is 7.26. The van der Waals surface area contributed by atoms with Gasteiger partial charge in [-0.25, -0.2) is 0 Å². The van der Waals surface area contributed by atoms with Crippen molar-refractivity contribution in [1.82, 2.24) is 4.57 Å². The third-order valence-electron chi connectivity index (χ3n) is 9.90. The lowest BCUT2D eigenvalue weighted by Crippen LogP contribution is -2.00. The topological polar surface area (TPSA) is 17.3 Å². The van der Waals surface area contributed by atoms with Gasteiger partial charge in [-0.2, -0.15) is 0 Å². The van der Waals surface area contributed by atoms with Crippen LogP contribution in [-0.2, 0) is 0 Å². The molecule has 52 heavy (non-hydrogen) atoms. The third-order valence-corrected chi connectivity index (χ3v) is 11.1. The van der Waals surface area contributed by atoms with Crippen LogP contribution in [0, 0.1) is 12.3 Å². The Labute approximate surface area is 307 Å². The van der Waals surface area contributed by atoms with Crippen LogP contribution in [0.15, 0.2) is 175 Å². The van der Waals surface area contributed by atoms with Crippen molar-refractivity contribution in [2.45, 2.75) is 13.3 Å². The molecule has 0 aliphatic heterocycles. The molecule has 0 radical (unpaired) electrons. The minimum absolute atomic E-state index is 0.507. The molecule has 7 aromatic carbocycles. The van der Waals surface area contributed by atoms with Crippen LogP contribution >= 0.6 is 11.3 Å². The largest absolute Gasteiger partial charge is 0.309 e. The Morgan fingerprint density at radius 1 is 0.615 bits per heavy atom. The van der Waals surface area contributed by atoms with Crippen LogP contribution in [0.25, 0.3) is 75.6 Å². The quantitative estimate of drug-likeness (QED) is 0.118. The Balaban J connectivity index is 1.11. The van der Waals surface area contributed by atoms with E-state index in [1.165, 1.54) is 64.2 Å². The fourth-order valence-electron chi connectivity index (χ4n) is 7.36. The van der Waals surface area contributed by atoms with E-state index in [4.69, 9.17) is 11.4 Å². The molecule has 9 rings (SSSR count). The molecule has 3 heteroatoms. The molecule has 0 saturated carbocycles. The fourth-order valence-corrected chi connectivity index (χ4v) is 8.59. The summed E-state index contributed by atoms with van der Waals surface area (Å²) >= 11 is 1.87. The van der Waals surface area contributed by atoms with Crippen LogP contribution in [-0.4, -0.2) is 10.3 Å². The van der Waals surface area contributed by atoms with Crippen LogP contribution in [0.4, 0.5) is 0 Å². The summed E-state index contributed by atoms with van der Waals surface area (Å²) in [5, 5.41) is 5.11. The number of para-hydroxylation sites is 1. The zero-order valence-corrected chi connectivity index (χ0v) is 29.6. The molecule has 2 nitrogen and oxygen atoms in total. The Bertz CT molecular complexity index is 2880. The minimum atomic E-state index is 0.507. The van der Waals surface area contributed by atoms with E-state index in [2.05, 4.69) is 175 Å². The number of fused-ring (bicyclic) bond motifs is 6. The van der Waals surface area contributed by atoms with Gasteiger partial charge >= 0.3 is 0 Å². The summed E-state index contributed by atoms with van der Waals surface area (Å²) in [6, 6.07) is 58.7. The Hall–Kier alpha value is -6.47. The first-order valence-electron chi connectivity index (χ1n) is 17.6. The Kier molecular flexibility index (Phi) is 8.08. The molecule has 0 amide bonds. The fraction of sp³-hybridized carbons (Fsp3) is 0.0408. The predicted octanol–water partition coefficient (Wildman–Crippen LogP) is 13.4. The molecular formula is C49H34N2S. The number of allylic oxidation sites excluding steroid dienone is 1. The molecule has 0 saturated heterocycles. The summed E-state index contributed by atoms with van der Waals surface area (Å²) in [5.41, 5.74) is 12.2. The smallest absolute Gasteiger partial charge is 0.0675 e. The summed E-state index contributed by atoms with van der Waals surface area (Å²) in [6.07, 6.45) is 8.24. The zero-order valence-electron chi connectivity index (χ0n) is 28.8. The maximum Gasteiger partial charge on any atom is 0.0675 e. The minimum Gasteiger partial charge on any atom is -0.309 e. The second kappa shape index (κ2) is 13.3. The second-order valence-electron chi connectivity index (χ2n) is 13.1. The van der Waals surface area contributed by atoms with Gasteiger partial charge in [-0.05, 0) is 82.8 Å². The molecule has 0 aliphatic rings. The Morgan fingerprint density at radius 3 is 2.15 bits per heavy atom. The van der Waals surface area contributed by atoms with Gasteiger partial charge in [-0.15, -0.1) is 23.7 Å². The highest BCUT2D eigenvalue weighted by atomic mass is 32.1. The molecule has 0 bridgehead atoms. The second-order valence-corrected chi connectivity index (χ2v) is 14.1. The molecule has 0 aliphatic carbocycles. The van der Waals surface area contributed by atoms with Gasteiger partial charge < -0.3 is 4.57 Å².